The lowest BCUT2D eigenvalue weighted by Gasteiger charge is -2.35. The van der Waals surface area contributed by atoms with E-state index >= 15 is 0 Å². The van der Waals surface area contributed by atoms with Crippen LogP contribution in [0.2, 0.25) is 0 Å². The Kier molecular flexibility index (Phi) is 5.54. The molecule has 114 valence electrons. The van der Waals surface area contributed by atoms with Gasteiger partial charge in [0.1, 0.15) is 0 Å². The summed E-state index contributed by atoms with van der Waals surface area (Å²) in [6, 6.07) is 1.99. The van der Waals surface area contributed by atoms with Crippen LogP contribution in [-0.4, -0.2) is 12.7 Å². The van der Waals surface area contributed by atoms with Crippen molar-refractivity contribution in [1.29, 1.82) is 0 Å². The molecule has 1 saturated carbocycles. The van der Waals surface area contributed by atoms with Crippen LogP contribution in [0.15, 0.2) is 15.9 Å². The van der Waals surface area contributed by atoms with Crippen LogP contribution in [0, 0.1) is 11.8 Å². The molecule has 0 amide bonds. The molecule has 1 fully saturated rings. The normalized spacial score (nSPS) is 25.6. The average Bonchev–Trinajstić information content (AvgIpc) is 2.81. The fourth-order valence-corrected chi connectivity index (χ4v) is 4.84. The van der Waals surface area contributed by atoms with Gasteiger partial charge in [-0.05, 0) is 59.1 Å². The summed E-state index contributed by atoms with van der Waals surface area (Å²) >= 11 is 5.12. The van der Waals surface area contributed by atoms with E-state index in [1.54, 1.807) is 11.3 Å². The second-order valence-corrected chi connectivity index (χ2v) is 7.14. The van der Waals surface area contributed by atoms with E-state index in [1.807, 2.05) is 18.4 Å². The van der Waals surface area contributed by atoms with Gasteiger partial charge in [0, 0.05) is 15.4 Å². The van der Waals surface area contributed by atoms with Crippen LogP contribution in [0.5, 0.6) is 0 Å². The van der Waals surface area contributed by atoms with Crippen molar-refractivity contribution in [3.8, 4) is 0 Å². The van der Waals surface area contributed by atoms with Gasteiger partial charge in [-0.15, -0.1) is 11.3 Å². The number of hydrogen-bond acceptors (Lipinski definition) is 2. The van der Waals surface area contributed by atoms with E-state index in [9.17, 15) is 13.2 Å². The fourth-order valence-electron chi connectivity index (χ4n) is 3.05. The number of halogens is 4. The molecule has 0 aliphatic heterocycles. The average molecular weight is 370 g/mol. The Morgan fingerprint density at radius 3 is 2.75 bits per heavy atom. The summed E-state index contributed by atoms with van der Waals surface area (Å²) in [5, 5.41) is 5.36. The maximum atomic E-state index is 13.0. The molecule has 1 heterocycles. The molecule has 3 atom stereocenters. The van der Waals surface area contributed by atoms with Crippen LogP contribution in [-0.2, 0) is 0 Å². The predicted octanol–water partition coefficient (Wildman–Crippen LogP) is 5.53. The molecule has 20 heavy (non-hydrogen) atoms. The van der Waals surface area contributed by atoms with E-state index in [4.69, 9.17) is 0 Å². The number of rotatable bonds is 4. The standard InChI is InChI=1S/C14H19BrF3NS/c1-2-19-12(13-11(15)6-7-20-13)9-4-3-5-10(8-9)14(16,17)18/h6-7,9-10,12,19H,2-5,8H2,1H3. The van der Waals surface area contributed by atoms with E-state index < -0.39 is 12.1 Å². The summed E-state index contributed by atoms with van der Waals surface area (Å²) in [6.45, 7) is 2.76. The van der Waals surface area contributed by atoms with E-state index in [0.29, 0.717) is 6.42 Å². The minimum absolute atomic E-state index is 0.0273. The first-order valence-corrected chi connectivity index (χ1v) is 8.63. The van der Waals surface area contributed by atoms with Gasteiger partial charge in [-0.25, -0.2) is 0 Å². The van der Waals surface area contributed by atoms with Crippen molar-refractivity contribution in [2.45, 2.75) is 44.8 Å². The summed E-state index contributed by atoms with van der Waals surface area (Å²) in [7, 11) is 0. The summed E-state index contributed by atoms with van der Waals surface area (Å²) in [6.07, 6.45) is -1.99. The zero-order valence-corrected chi connectivity index (χ0v) is 13.7. The first-order valence-electron chi connectivity index (χ1n) is 6.96. The highest BCUT2D eigenvalue weighted by molar-refractivity contribution is 9.10. The third-order valence-electron chi connectivity index (χ3n) is 4.00. The lowest BCUT2D eigenvalue weighted by molar-refractivity contribution is -0.186. The highest BCUT2D eigenvalue weighted by atomic mass is 79.9. The van der Waals surface area contributed by atoms with Gasteiger partial charge in [0.05, 0.1) is 5.92 Å². The second-order valence-electron chi connectivity index (χ2n) is 5.33. The highest BCUT2D eigenvalue weighted by Gasteiger charge is 2.43. The maximum absolute atomic E-state index is 13.0. The molecule has 1 nitrogen and oxygen atoms in total. The van der Waals surface area contributed by atoms with Crippen LogP contribution in [0.25, 0.3) is 0 Å². The molecule has 0 spiro atoms. The van der Waals surface area contributed by atoms with E-state index in [1.165, 1.54) is 0 Å². The zero-order chi connectivity index (χ0) is 14.8. The quantitative estimate of drug-likeness (QED) is 0.735. The minimum atomic E-state index is -4.05. The van der Waals surface area contributed by atoms with Gasteiger partial charge in [0.15, 0.2) is 0 Å². The first kappa shape index (κ1) is 16.3. The summed E-state index contributed by atoms with van der Waals surface area (Å²) in [5.41, 5.74) is 0. The molecule has 1 aliphatic rings. The Hall–Kier alpha value is -0.0700. The van der Waals surface area contributed by atoms with Gasteiger partial charge in [0.25, 0.3) is 0 Å². The lowest BCUT2D eigenvalue weighted by Crippen LogP contribution is -2.35. The third kappa shape index (κ3) is 3.77. The van der Waals surface area contributed by atoms with E-state index in [2.05, 4.69) is 21.2 Å². The van der Waals surface area contributed by atoms with Gasteiger partial charge in [-0.3, -0.25) is 0 Å². The molecule has 1 aromatic heterocycles. The van der Waals surface area contributed by atoms with Crippen molar-refractivity contribution in [1.82, 2.24) is 5.32 Å². The van der Waals surface area contributed by atoms with Crippen molar-refractivity contribution in [2.75, 3.05) is 6.54 Å². The van der Waals surface area contributed by atoms with E-state index in [0.717, 1.165) is 22.3 Å². The SMILES string of the molecule is CCNC(c1sccc1Br)C1CCCC(C(F)(F)F)C1. The Morgan fingerprint density at radius 2 is 2.20 bits per heavy atom. The Bertz CT molecular complexity index is 432. The van der Waals surface area contributed by atoms with Gasteiger partial charge < -0.3 is 5.32 Å². The molecule has 0 saturated heterocycles. The van der Waals surface area contributed by atoms with Gasteiger partial charge in [0.2, 0.25) is 0 Å². The number of thiophene rings is 1. The van der Waals surface area contributed by atoms with Crippen LogP contribution >= 0.6 is 27.3 Å². The van der Waals surface area contributed by atoms with Crippen molar-refractivity contribution in [3.05, 3.63) is 20.8 Å². The molecule has 1 N–H and O–H groups in total. The van der Waals surface area contributed by atoms with Gasteiger partial charge in [-0.1, -0.05) is 13.3 Å². The predicted molar refractivity (Wildman–Crippen MR) is 79.9 cm³/mol. The van der Waals surface area contributed by atoms with Crippen LogP contribution in [0.4, 0.5) is 13.2 Å². The number of nitrogens with one attached hydrogen (secondary N) is 1. The summed E-state index contributed by atoms with van der Waals surface area (Å²) in [5.74, 6) is -1.08. The summed E-state index contributed by atoms with van der Waals surface area (Å²) in [4.78, 5) is 1.12. The van der Waals surface area contributed by atoms with E-state index in [-0.39, 0.29) is 24.8 Å². The molecule has 6 heteroatoms. The molecular weight excluding hydrogens is 351 g/mol. The molecule has 0 aromatic carbocycles. The fraction of sp³-hybridized carbons (Fsp3) is 0.714. The van der Waals surface area contributed by atoms with Crippen LogP contribution < -0.4 is 5.32 Å². The molecule has 1 aromatic rings. The second kappa shape index (κ2) is 6.79. The van der Waals surface area contributed by atoms with Crippen molar-refractivity contribution < 1.29 is 13.2 Å². The van der Waals surface area contributed by atoms with Crippen LogP contribution in [0.1, 0.15) is 43.5 Å². The Morgan fingerprint density at radius 1 is 1.45 bits per heavy atom. The van der Waals surface area contributed by atoms with Gasteiger partial charge in [-0.2, -0.15) is 13.2 Å². The first-order chi connectivity index (χ1) is 9.43. The van der Waals surface area contributed by atoms with Crippen molar-refractivity contribution in [2.24, 2.45) is 11.8 Å². The van der Waals surface area contributed by atoms with Crippen LogP contribution in [0.3, 0.4) is 0 Å². The summed E-state index contributed by atoms with van der Waals surface area (Å²) < 4.78 is 39.9. The molecule has 0 bridgehead atoms. The molecule has 0 radical (unpaired) electrons. The molecule has 1 aliphatic carbocycles. The third-order valence-corrected chi connectivity index (χ3v) is 5.95. The minimum Gasteiger partial charge on any atom is -0.309 e. The monoisotopic (exact) mass is 369 g/mol. The Labute approximate surface area is 130 Å². The topological polar surface area (TPSA) is 12.0 Å². The molecular formula is C14H19BrF3NS. The largest absolute Gasteiger partial charge is 0.391 e. The lowest BCUT2D eigenvalue weighted by atomic mass is 9.77. The molecule has 3 unspecified atom stereocenters. The van der Waals surface area contributed by atoms with Crippen molar-refractivity contribution >= 4 is 27.3 Å². The Balaban J connectivity index is 2.15. The highest BCUT2D eigenvalue weighted by Crippen LogP contribution is 2.45. The van der Waals surface area contributed by atoms with Gasteiger partial charge >= 0.3 is 6.18 Å². The smallest absolute Gasteiger partial charge is 0.309 e. The number of hydrogen-bond donors (Lipinski definition) is 1. The molecule has 2 rings (SSSR count). The maximum Gasteiger partial charge on any atom is 0.391 e. The number of alkyl halides is 3. The van der Waals surface area contributed by atoms with Crippen molar-refractivity contribution in [3.63, 3.8) is 0 Å². The zero-order valence-electron chi connectivity index (χ0n) is 11.3.